The second-order valence-corrected chi connectivity index (χ2v) is 20.7. The number of hydrogen-bond acceptors (Lipinski definition) is 9. The Morgan fingerprint density at radius 1 is 0.579 bits per heavy atom. The fourth-order valence-corrected chi connectivity index (χ4v) is 11.5. The molecule has 388 valence electrons. The molecule has 4 amide bonds. The van der Waals surface area contributed by atoms with Crippen LogP contribution in [0.5, 0.6) is 0 Å². The van der Waals surface area contributed by atoms with Gasteiger partial charge in [0.05, 0.1) is 18.2 Å². The van der Waals surface area contributed by atoms with E-state index in [9.17, 15) is 23.6 Å². The molecule has 5 aliphatic rings. The molecule has 16 nitrogen and oxygen atoms in total. The van der Waals surface area contributed by atoms with Crippen molar-refractivity contribution >= 4 is 63.8 Å². The first-order valence-corrected chi connectivity index (χ1v) is 27.0. The molecule has 0 saturated carbocycles. The lowest BCUT2D eigenvalue weighted by atomic mass is 9.91. The minimum Gasteiger partial charge on any atom is -0.339 e. The number of nitrogens with zero attached hydrogens (tertiary/aromatic N) is 10. The van der Waals surface area contributed by atoms with E-state index in [-0.39, 0.29) is 35.6 Å². The second-order valence-electron chi connectivity index (χ2n) is 20.7. The van der Waals surface area contributed by atoms with Gasteiger partial charge in [-0.2, -0.15) is 9.50 Å². The number of likely N-dealkylation sites (tertiary alicyclic amines) is 4. The van der Waals surface area contributed by atoms with E-state index >= 15 is 0 Å². The van der Waals surface area contributed by atoms with Crippen molar-refractivity contribution in [1.82, 2.24) is 43.7 Å². The third-order valence-electron chi connectivity index (χ3n) is 15.7. The molecule has 7 aromatic rings. The van der Waals surface area contributed by atoms with Gasteiger partial charge in [-0.3, -0.25) is 19.2 Å². The van der Waals surface area contributed by atoms with E-state index in [2.05, 4.69) is 25.9 Å². The van der Waals surface area contributed by atoms with E-state index in [0.717, 1.165) is 105 Å². The lowest BCUT2D eigenvalue weighted by Gasteiger charge is -2.34. The van der Waals surface area contributed by atoms with Gasteiger partial charge in [0.1, 0.15) is 12.2 Å². The number of halogens is 1. The SMILES string of the molecule is O=C(c1ccc(-c2cccn3c2nc(Nc2ccc(C(=O)N4CCC(F)CC4)cc2)[n+]3C2CCCN(C(=O)C3C=CC(c4cccn5nc(Nc6ccc(C(=O)N7CCCC7)cc6)nc45)=CC3)C2)cc1)N1CCCCC1. The average molecular weight is 1020 g/mol. The Morgan fingerprint density at radius 3 is 1.80 bits per heavy atom. The van der Waals surface area contributed by atoms with Gasteiger partial charge < -0.3 is 24.9 Å². The van der Waals surface area contributed by atoms with E-state index in [0.29, 0.717) is 85.3 Å². The number of hydrogen-bond donors (Lipinski definition) is 2. The number of piperidine rings is 3. The topological polar surface area (TPSA) is 157 Å². The number of alkyl halides is 1. The molecule has 4 aromatic heterocycles. The van der Waals surface area contributed by atoms with Crippen LogP contribution in [0.3, 0.4) is 0 Å². The summed E-state index contributed by atoms with van der Waals surface area (Å²) in [5.74, 6) is 0.749. The molecule has 4 saturated heterocycles. The maximum absolute atomic E-state index is 14.6. The third-order valence-corrected chi connectivity index (χ3v) is 15.7. The normalized spacial score (nSPS) is 19.3. The van der Waals surface area contributed by atoms with Gasteiger partial charge in [-0.15, -0.1) is 9.78 Å². The molecule has 4 aliphatic heterocycles. The Hall–Kier alpha value is -8.21. The molecule has 2 atom stereocenters. The molecule has 0 radical (unpaired) electrons. The number of aromatic nitrogens is 6. The van der Waals surface area contributed by atoms with Gasteiger partial charge in [-0.25, -0.2) is 14.2 Å². The fraction of sp³-hybridized carbons (Fsp3) is 0.356. The molecule has 1 aliphatic carbocycles. The second kappa shape index (κ2) is 21.2. The van der Waals surface area contributed by atoms with Gasteiger partial charge in [0.25, 0.3) is 23.4 Å². The zero-order chi connectivity index (χ0) is 51.7. The van der Waals surface area contributed by atoms with Crippen LogP contribution < -0.4 is 15.3 Å². The largest absolute Gasteiger partial charge is 0.417 e. The Morgan fingerprint density at radius 2 is 1.16 bits per heavy atom. The molecule has 4 fully saturated rings. The Balaban J connectivity index is 0.770. The van der Waals surface area contributed by atoms with Crippen LogP contribution in [0, 0.1) is 5.92 Å². The van der Waals surface area contributed by atoms with Crippen molar-refractivity contribution in [2.75, 3.05) is 63.0 Å². The summed E-state index contributed by atoms with van der Waals surface area (Å²) >= 11 is 0. The number of benzene rings is 3. The van der Waals surface area contributed by atoms with Gasteiger partial charge in [-0.1, -0.05) is 30.4 Å². The molecular weight excluding hydrogens is 960 g/mol. The summed E-state index contributed by atoms with van der Waals surface area (Å²) < 4.78 is 19.9. The molecule has 2 unspecified atom stereocenters. The van der Waals surface area contributed by atoms with Crippen LogP contribution in [0.15, 0.2) is 128 Å². The summed E-state index contributed by atoms with van der Waals surface area (Å²) in [6, 6.07) is 30.4. The van der Waals surface area contributed by atoms with E-state index < -0.39 is 6.17 Å². The fourth-order valence-electron chi connectivity index (χ4n) is 11.5. The molecule has 0 bridgehead atoms. The van der Waals surface area contributed by atoms with Crippen molar-refractivity contribution in [1.29, 1.82) is 0 Å². The Kier molecular flexibility index (Phi) is 13.6. The number of amides is 4. The summed E-state index contributed by atoms with van der Waals surface area (Å²) in [6.45, 7) is 5.09. The Bertz CT molecular complexity index is 3370. The predicted octanol–water partition coefficient (Wildman–Crippen LogP) is 9.08. The van der Waals surface area contributed by atoms with Gasteiger partial charge in [0, 0.05) is 91.7 Å². The number of carbonyl (C=O) groups is 4. The smallest absolute Gasteiger partial charge is 0.339 e. The summed E-state index contributed by atoms with van der Waals surface area (Å²) in [5, 5.41) is 11.6. The number of anilines is 4. The maximum atomic E-state index is 14.6. The van der Waals surface area contributed by atoms with Crippen LogP contribution in [-0.4, -0.2) is 126 Å². The van der Waals surface area contributed by atoms with Crippen molar-refractivity contribution in [3.63, 3.8) is 0 Å². The summed E-state index contributed by atoms with van der Waals surface area (Å²) in [7, 11) is 0. The number of nitrogens with one attached hydrogen (secondary N) is 2. The van der Waals surface area contributed by atoms with Crippen molar-refractivity contribution in [3.8, 4) is 11.1 Å². The Labute approximate surface area is 440 Å². The minimum absolute atomic E-state index is 0.0577. The third kappa shape index (κ3) is 9.93. The van der Waals surface area contributed by atoms with Gasteiger partial charge in [-0.05, 0) is 165 Å². The van der Waals surface area contributed by atoms with Crippen LogP contribution in [0.1, 0.15) is 107 Å². The number of carbonyl (C=O) groups excluding carboxylic acids is 4. The first kappa shape index (κ1) is 48.7. The lowest BCUT2D eigenvalue weighted by molar-refractivity contribution is -0.773. The lowest BCUT2D eigenvalue weighted by Crippen LogP contribution is -2.54. The number of rotatable bonds is 11. The minimum atomic E-state index is -0.867. The van der Waals surface area contributed by atoms with Crippen LogP contribution >= 0.6 is 0 Å². The molecule has 3 aromatic carbocycles. The monoisotopic (exact) mass is 1020 g/mol. The predicted molar refractivity (Wildman–Crippen MR) is 288 cm³/mol. The first-order valence-electron chi connectivity index (χ1n) is 27.0. The summed E-state index contributed by atoms with van der Waals surface area (Å²) in [4.78, 5) is 71.9. The van der Waals surface area contributed by atoms with Crippen molar-refractivity contribution in [2.24, 2.45) is 5.92 Å². The molecule has 0 spiro atoms. The molecule has 76 heavy (non-hydrogen) atoms. The number of allylic oxidation sites excluding steroid dienone is 3. The highest BCUT2D eigenvalue weighted by Gasteiger charge is 2.36. The van der Waals surface area contributed by atoms with E-state index in [1.54, 1.807) is 21.5 Å². The van der Waals surface area contributed by atoms with Crippen LogP contribution in [0.25, 0.3) is 28.0 Å². The average Bonchev–Trinajstić information content (AvgIpc) is 4.27. The van der Waals surface area contributed by atoms with Crippen molar-refractivity contribution in [2.45, 2.75) is 76.4 Å². The van der Waals surface area contributed by atoms with Gasteiger partial charge in [0.15, 0.2) is 5.65 Å². The first-order chi connectivity index (χ1) is 37.2. The highest BCUT2D eigenvalue weighted by atomic mass is 19.1. The van der Waals surface area contributed by atoms with Crippen LogP contribution in [0.4, 0.5) is 27.7 Å². The van der Waals surface area contributed by atoms with Crippen LogP contribution in [0.2, 0.25) is 0 Å². The summed E-state index contributed by atoms with van der Waals surface area (Å²) in [5.41, 5.74) is 8.47. The van der Waals surface area contributed by atoms with Crippen LogP contribution in [-0.2, 0) is 4.79 Å². The van der Waals surface area contributed by atoms with Crippen molar-refractivity contribution < 1.29 is 28.3 Å². The van der Waals surface area contributed by atoms with E-state index in [1.165, 1.54) is 0 Å². The van der Waals surface area contributed by atoms with Gasteiger partial charge in [0.2, 0.25) is 11.9 Å². The molecule has 8 heterocycles. The van der Waals surface area contributed by atoms with E-state index in [1.807, 2.05) is 124 Å². The maximum Gasteiger partial charge on any atom is 0.417 e. The quantitative estimate of drug-likeness (QED) is 0.121. The molecular formula is C59H62FN12O4+. The number of fused-ring (bicyclic) bond motifs is 2. The highest BCUT2D eigenvalue weighted by molar-refractivity contribution is 5.96. The summed E-state index contributed by atoms with van der Waals surface area (Å²) in [6.07, 6.45) is 17.3. The zero-order valence-electron chi connectivity index (χ0n) is 42.6. The zero-order valence-corrected chi connectivity index (χ0v) is 42.6. The van der Waals surface area contributed by atoms with E-state index in [4.69, 9.17) is 15.1 Å². The molecule has 12 rings (SSSR count). The molecule has 17 heteroatoms. The number of pyridine rings is 2. The standard InChI is InChI=1S/C59H61FN12O4/c60-46-28-37-68(38-29-46)56(75)45-22-26-48(27-23-45)62-59-64-53-51(41-14-16-42(17-15-41)54(73)66-30-2-1-3-31-66)11-8-36-71(53)72(59)49-9-6-34-69(39-49)57(76)43-18-12-40(13-19-43)50-10-7-35-70-52(50)63-58(65-70)61-47-24-20-44(21-25-47)55(74)67-32-4-5-33-67/h7-8,10-18,20-27,35-36,43,46,49H,1-6,9,19,28-34,37-39H2,(H,61,65,74)/p+1. The highest BCUT2D eigenvalue weighted by Crippen LogP contribution is 2.32. The van der Waals surface area contributed by atoms with Gasteiger partial charge >= 0.3 is 5.95 Å². The van der Waals surface area contributed by atoms with Crippen molar-refractivity contribution in [3.05, 3.63) is 150 Å². The molecule has 2 N–H and O–H groups in total.